The average Bonchev–Trinajstić information content (AvgIpc) is 3.09. The van der Waals surface area contributed by atoms with Crippen molar-refractivity contribution >= 4 is 53.3 Å². The van der Waals surface area contributed by atoms with Crippen molar-refractivity contribution in [1.82, 2.24) is 4.57 Å². The molecule has 24 heavy (non-hydrogen) atoms. The van der Waals surface area contributed by atoms with Crippen LogP contribution in [0.4, 0.5) is 0 Å². The zero-order valence-electron chi connectivity index (χ0n) is 14.1. The van der Waals surface area contributed by atoms with E-state index in [1.807, 2.05) is 11.3 Å². The van der Waals surface area contributed by atoms with Gasteiger partial charge in [0.1, 0.15) is 0 Å². The molecule has 0 N–H and O–H groups in total. The van der Waals surface area contributed by atoms with Crippen LogP contribution in [0.15, 0.2) is 54.6 Å². The first-order chi connectivity index (χ1) is 11.7. The summed E-state index contributed by atoms with van der Waals surface area (Å²) in [5.41, 5.74) is 4.19. The summed E-state index contributed by atoms with van der Waals surface area (Å²) in [5.74, 6) is 0.484. The molecule has 0 saturated carbocycles. The van der Waals surface area contributed by atoms with Crippen LogP contribution < -0.4 is 0 Å². The molecule has 0 unspecified atom stereocenters. The van der Waals surface area contributed by atoms with Gasteiger partial charge in [0.25, 0.3) is 0 Å². The summed E-state index contributed by atoms with van der Waals surface area (Å²) in [4.78, 5) is 0. The topological polar surface area (TPSA) is 4.93 Å². The molecular weight excluding hydrogens is 310 g/mol. The third-order valence-electron chi connectivity index (χ3n) is 5.15. The van der Waals surface area contributed by atoms with Crippen LogP contribution in [-0.4, -0.2) is 4.57 Å². The Balaban J connectivity index is 2.14. The summed E-state index contributed by atoms with van der Waals surface area (Å²) >= 11 is 1.92. The Labute approximate surface area is 145 Å². The molecule has 5 aromatic rings. The molecule has 0 radical (unpaired) electrons. The van der Waals surface area contributed by atoms with Crippen LogP contribution in [0.25, 0.3) is 42.0 Å². The second-order valence-corrected chi connectivity index (χ2v) is 7.97. The van der Waals surface area contributed by atoms with Gasteiger partial charge in [0.15, 0.2) is 0 Å². The highest BCUT2D eigenvalue weighted by Gasteiger charge is 2.20. The number of hydrogen-bond acceptors (Lipinski definition) is 1. The number of thiophene rings is 1. The van der Waals surface area contributed by atoms with Crippen molar-refractivity contribution < 1.29 is 0 Å². The van der Waals surface area contributed by atoms with E-state index in [1.54, 1.807) is 0 Å². The van der Waals surface area contributed by atoms with Crippen LogP contribution in [0.3, 0.4) is 0 Å². The Hall–Kier alpha value is -2.32. The Kier molecular flexibility index (Phi) is 2.84. The molecule has 0 fully saturated rings. The summed E-state index contributed by atoms with van der Waals surface area (Å²) in [6.45, 7) is 4.64. The van der Waals surface area contributed by atoms with E-state index in [0.717, 1.165) is 0 Å². The molecule has 0 amide bonds. The Morgan fingerprint density at radius 3 is 2.33 bits per heavy atom. The normalized spacial score (nSPS) is 12.3. The second-order valence-electron chi connectivity index (χ2n) is 6.89. The van der Waals surface area contributed by atoms with E-state index in [4.69, 9.17) is 0 Å². The van der Waals surface area contributed by atoms with Gasteiger partial charge in [-0.3, -0.25) is 0 Å². The monoisotopic (exact) mass is 329 g/mol. The van der Waals surface area contributed by atoms with Crippen molar-refractivity contribution in [2.45, 2.75) is 19.8 Å². The van der Waals surface area contributed by atoms with Crippen molar-refractivity contribution in [1.29, 1.82) is 0 Å². The zero-order chi connectivity index (χ0) is 16.4. The van der Waals surface area contributed by atoms with Gasteiger partial charge in [-0.2, -0.15) is 0 Å². The Bertz CT molecular complexity index is 1240. The van der Waals surface area contributed by atoms with Crippen molar-refractivity contribution in [2.75, 3.05) is 0 Å². The largest absolute Gasteiger partial charge is 0.343 e. The van der Waals surface area contributed by atoms with Crippen molar-refractivity contribution in [3.63, 3.8) is 0 Å². The number of aromatic nitrogens is 1. The van der Waals surface area contributed by atoms with Gasteiger partial charge < -0.3 is 4.57 Å². The number of aryl methyl sites for hydroxylation is 1. The highest BCUT2D eigenvalue weighted by molar-refractivity contribution is 7.26. The number of rotatable bonds is 1. The molecule has 2 aromatic heterocycles. The predicted octanol–water partition coefficient (Wildman–Crippen LogP) is 6.82. The molecule has 5 rings (SSSR count). The average molecular weight is 329 g/mol. The molecule has 0 bridgehead atoms. The first-order valence-corrected chi connectivity index (χ1v) is 9.29. The number of benzene rings is 3. The smallest absolute Gasteiger partial charge is 0.0531 e. The lowest BCUT2D eigenvalue weighted by atomic mass is 9.94. The maximum atomic E-state index is 2.41. The van der Waals surface area contributed by atoms with Gasteiger partial charge in [-0.05, 0) is 29.7 Å². The maximum Gasteiger partial charge on any atom is 0.0531 e. The Morgan fingerprint density at radius 2 is 1.54 bits per heavy atom. The number of nitrogens with zero attached hydrogens (tertiary/aromatic N) is 1. The SMILES string of the molecule is CC(C)c1c2c(cc3c4ccccc4n(C)c13)sc1ccccc12. The summed E-state index contributed by atoms with van der Waals surface area (Å²) < 4.78 is 5.17. The summed E-state index contributed by atoms with van der Waals surface area (Å²) in [7, 11) is 2.21. The maximum absolute atomic E-state index is 2.41. The predicted molar refractivity (Wildman–Crippen MR) is 107 cm³/mol. The van der Waals surface area contributed by atoms with E-state index in [9.17, 15) is 0 Å². The molecule has 1 nitrogen and oxygen atoms in total. The van der Waals surface area contributed by atoms with Gasteiger partial charge >= 0.3 is 0 Å². The molecular formula is C22H19NS. The molecule has 2 heteroatoms. The van der Waals surface area contributed by atoms with Gasteiger partial charge in [0, 0.05) is 43.5 Å². The van der Waals surface area contributed by atoms with E-state index in [1.165, 1.54) is 47.5 Å². The molecule has 0 aliphatic carbocycles. The highest BCUT2D eigenvalue weighted by Crippen LogP contribution is 2.44. The van der Waals surface area contributed by atoms with Gasteiger partial charge in [-0.1, -0.05) is 50.2 Å². The molecule has 0 atom stereocenters. The fourth-order valence-electron chi connectivity index (χ4n) is 4.15. The van der Waals surface area contributed by atoms with Crippen molar-refractivity contribution in [2.24, 2.45) is 7.05 Å². The van der Waals surface area contributed by atoms with Crippen molar-refractivity contribution in [3.05, 3.63) is 60.2 Å². The van der Waals surface area contributed by atoms with Crippen LogP contribution in [0.5, 0.6) is 0 Å². The van der Waals surface area contributed by atoms with E-state index < -0.39 is 0 Å². The summed E-state index contributed by atoms with van der Waals surface area (Å²) in [6.07, 6.45) is 0. The zero-order valence-corrected chi connectivity index (χ0v) is 14.9. The Morgan fingerprint density at radius 1 is 0.833 bits per heavy atom. The van der Waals surface area contributed by atoms with Crippen LogP contribution in [0.2, 0.25) is 0 Å². The fraction of sp³-hybridized carbons (Fsp3) is 0.182. The van der Waals surface area contributed by atoms with Crippen molar-refractivity contribution in [3.8, 4) is 0 Å². The fourth-order valence-corrected chi connectivity index (χ4v) is 5.31. The van der Waals surface area contributed by atoms with Crippen LogP contribution in [-0.2, 0) is 7.05 Å². The van der Waals surface area contributed by atoms with Crippen LogP contribution in [0, 0.1) is 0 Å². The minimum atomic E-state index is 0.484. The lowest BCUT2D eigenvalue weighted by Crippen LogP contribution is -1.96. The molecule has 0 aliphatic rings. The molecule has 2 heterocycles. The number of hydrogen-bond donors (Lipinski definition) is 0. The molecule has 3 aromatic carbocycles. The summed E-state index contributed by atoms with van der Waals surface area (Å²) in [5, 5.41) is 5.59. The third-order valence-corrected chi connectivity index (χ3v) is 6.26. The highest BCUT2D eigenvalue weighted by atomic mass is 32.1. The van der Waals surface area contributed by atoms with E-state index in [-0.39, 0.29) is 0 Å². The number of fused-ring (bicyclic) bond motifs is 6. The molecule has 0 saturated heterocycles. The van der Waals surface area contributed by atoms with Gasteiger partial charge in [0.05, 0.1) is 5.52 Å². The lowest BCUT2D eigenvalue weighted by molar-refractivity contribution is 0.871. The first kappa shape index (κ1) is 14.1. The van der Waals surface area contributed by atoms with Gasteiger partial charge in [0.2, 0.25) is 0 Å². The minimum Gasteiger partial charge on any atom is -0.343 e. The first-order valence-electron chi connectivity index (χ1n) is 8.48. The van der Waals surface area contributed by atoms with E-state index >= 15 is 0 Å². The standard InChI is InChI=1S/C22H19NS/c1-13(2)20-21-15-9-5-7-11-18(15)24-19(21)12-16-14-8-4-6-10-17(14)23(3)22(16)20/h4-13H,1-3H3. The number of para-hydroxylation sites is 1. The van der Waals surface area contributed by atoms with E-state index in [0.29, 0.717) is 5.92 Å². The molecule has 0 aliphatic heterocycles. The van der Waals surface area contributed by atoms with Gasteiger partial charge in [-0.25, -0.2) is 0 Å². The molecule has 0 spiro atoms. The quantitative estimate of drug-likeness (QED) is 0.318. The van der Waals surface area contributed by atoms with Crippen LogP contribution in [0.1, 0.15) is 25.3 Å². The van der Waals surface area contributed by atoms with E-state index in [2.05, 4.69) is 80.1 Å². The molecule has 118 valence electrons. The minimum absolute atomic E-state index is 0.484. The third kappa shape index (κ3) is 1.69. The van der Waals surface area contributed by atoms with Crippen LogP contribution >= 0.6 is 11.3 Å². The lowest BCUT2D eigenvalue weighted by Gasteiger charge is -2.12. The second kappa shape index (κ2) is 4.84. The summed E-state index contributed by atoms with van der Waals surface area (Å²) in [6, 6.07) is 20.0. The van der Waals surface area contributed by atoms with Gasteiger partial charge in [-0.15, -0.1) is 11.3 Å².